The first-order chi connectivity index (χ1) is 9.17. The first-order valence-corrected chi connectivity index (χ1v) is 7.55. The monoisotopic (exact) mass is 282 g/mol. The molecule has 2 nitrogen and oxygen atoms in total. The number of aliphatic hydroxyl groups excluding tert-OH is 1. The van der Waals surface area contributed by atoms with Gasteiger partial charge >= 0.3 is 0 Å². The van der Waals surface area contributed by atoms with Crippen LogP contribution in [0.15, 0.2) is 18.2 Å². The summed E-state index contributed by atoms with van der Waals surface area (Å²) in [7, 11) is 1.62. The number of aliphatic hydroxyl groups is 1. The molecule has 1 aromatic carbocycles. The number of ether oxygens (including phenoxy) is 1. The van der Waals surface area contributed by atoms with Crippen molar-refractivity contribution in [3.05, 3.63) is 28.8 Å². The molecule has 2 rings (SSSR count). The number of hydrogen-bond acceptors (Lipinski definition) is 2. The number of benzene rings is 1. The topological polar surface area (TPSA) is 29.5 Å². The quantitative estimate of drug-likeness (QED) is 0.875. The molecule has 0 aromatic heterocycles. The normalized spacial score (nSPS) is 25.1. The summed E-state index contributed by atoms with van der Waals surface area (Å²) in [4.78, 5) is 0. The number of methoxy groups -OCH3 is 1. The molecule has 0 radical (unpaired) electrons. The van der Waals surface area contributed by atoms with E-state index in [1.54, 1.807) is 7.11 Å². The molecule has 106 valence electrons. The van der Waals surface area contributed by atoms with Crippen molar-refractivity contribution in [2.75, 3.05) is 7.11 Å². The Morgan fingerprint density at radius 2 is 2.00 bits per heavy atom. The van der Waals surface area contributed by atoms with Crippen LogP contribution in [0.1, 0.15) is 50.7 Å². The Morgan fingerprint density at radius 3 is 2.58 bits per heavy atom. The van der Waals surface area contributed by atoms with Crippen LogP contribution in [0.2, 0.25) is 5.02 Å². The summed E-state index contributed by atoms with van der Waals surface area (Å²) in [6.07, 6.45) is 5.32. The zero-order valence-electron chi connectivity index (χ0n) is 11.7. The maximum atomic E-state index is 10.6. The standard InChI is InChI=1S/C16H23ClO2/c1-3-11-7-9-12(10-8-11)16(18)15-13(17)5-4-6-14(15)19-2/h4-6,11-12,16,18H,3,7-10H2,1-2H3. The van der Waals surface area contributed by atoms with E-state index in [9.17, 15) is 5.11 Å². The molecule has 1 atom stereocenters. The highest BCUT2D eigenvalue weighted by Gasteiger charge is 2.29. The molecule has 0 amide bonds. The molecule has 0 heterocycles. The fourth-order valence-corrected chi connectivity index (χ4v) is 3.41. The maximum absolute atomic E-state index is 10.6. The van der Waals surface area contributed by atoms with E-state index >= 15 is 0 Å². The molecule has 1 N–H and O–H groups in total. The number of rotatable bonds is 4. The van der Waals surface area contributed by atoms with Crippen molar-refractivity contribution in [2.45, 2.75) is 45.1 Å². The lowest BCUT2D eigenvalue weighted by molar-refractivity contribution is 0.0709. The maximum Gasteiger partial charge on any atom is 0.126 e. The van der Waals surface area contributed by atoms with Crippen molar-refractivity contribution in [3.63, 3.8) is 0 Å². The average Bonchev–Trinajstić information content (AvgIpc) is 2.46. The van der Waals surface area contributed by atoms with Gasteiger partial charge in [0, 0.05) is 5.56 Å². The van der Waals surface area contributed by atoms with E-state index in [1.165, 1.54) is 19.3 Å². The summed E-state index contributed by atoms with van der Waals surface area (Å²) in [5, 5.41) is 11.2. The van der Waals surface area contributed by atoms with E-state index in [4.69, 9.17) is 16.3 Å². The molecule has 0 saturated heterocycles. The van der Waals surface area contributed by atoms with Gasteiger partial charge in [-0.1, -0.05) is 43.9 Å². The summed E-state index contributed by atoms with van der Waals surface area (Å²) in [6.45, 7) is 2.25. The average molecular weight is 283 g/mol. The van der Waals surface area contributed by atoms with Gasteiger partial charge in [-0.05, 0) is 36.8 Å². The van der Waals surface area contributed by atoms with Gasteiger partial charge in [0.1, 0.15) is 5.75 Å². The third kappa shape index (κ3) is 3.24. The van der Waals surface area contributed by atoms with Gasteiger partial charge in [-0.3, -0.25) is 0 Å². The van der Waals surface area contributed by atoms with Crippen LogP contribution in [-0.4, -0.2) is 12.2 Å². The van der Waals surface area contributed by atoms with E-state index in [-0.39, 0.29) is 0 Å². The van der Waals surface area contributed by atoms with Crippen LogP contribution in [-0.2, 0) is 0 Å². The smallest absolute Gasteiger partial charge is 0.126 e. The molecule has 0 spiro atoms. The van der Waals surface area contributed by atoms with Gasteiger partial charge in [-0.15, -0.1) is 0 Å². The molecule has 19 heavy (non-hydrogen) atoms. The first kappa shape index (κ1) is 14.7. The van der Waals surface area contributed by atoms with Crippen LogP contribution in [0.3, 0.4) is 0 Å². The minimum atomic E-state index is -0.513. The zero-order chi connectivity index (χ0) is 13.8. The molecule has 3 heteroatoms. The Morgan fingerprint density at radius 1 is 1.32 bits per heavy atom. The minimum Gasteiger partial charge on any atom is -0.496 e. The van der Waals surface area contributed by atoms with Gasteiger partial charge in [0.05, 0.1) is 18.2 Å². The lowest BCUT2D eigenvalue weighted by Gasteiger charge is -2.32. The second-order valence-corrected chi connectivity index (χ2v) is 5.90. The molecule has 1 fully saturated rings. The number of hydrogen-bond donors (Lipinski definition) is 1. The summed E-state index contributed by atoms with van der Waals surface area (Å²) < 4.78 is 5.34. The van der Waals surface area contributed by atoms with Crippen molar-refractivity contribution in [1.29, 1.82) is 0 Å². The summed E-state index contributed by atoms with van der Waals surface area (Å²) >= 11 is 6.24. The van der Waals surface area contributed by atoms with Crippen LogP contribution < -0.4 is 4.74 Å². The van der Waals surface area contributed by atoms with Gasteiger partial charge in [0.15, 0.2) is 0 Å². The van der Waals surface area contributed by atoms with E-state index in [0.29, 0.717) is 16.7 Å². The lowest BCUT2D eigenvalue weighted by Crippen LogP contribution is -2.20. The van der Waals surface area contributed by atoms with E-state index in [1.807, 2.05) is 18.2 Å². The van der Waals surface area contributed by atoms with Crippen molar-refractivity contribution in [3.8, 4) is 5.75 Å². The fraction of sp³-hybridized carbons (Fsp3) is 0.625. The van der Waals surface area contributed by atoms with Crippen molar-refractivity contribution in [2.24, 2.45) is 11.8 Å². The van der Waals surface area contributed by atoms with Crippen molar-refractivity contribution < 1.29 is 9.84 Å². The van der Waals surface area contributed by atoms with E-state index < -0.39 is 6.10 Å². The molecule has 1 aromatic rings. The minimum absolute atomic E-state index is 0.302. The predicted molar refractivity (Wildman–Crippen MR) is 78.7 cm³/mol. The molecular formula is C16H23ClO2. The predicted octanol–water partition coefficient (Wildman–Crippen LogP) is 4.60. The highest BCUT2D eigenvalue weighted by molar-refractivity contribution is 6.31. The summed E-state index contributed by atoms with van der Waals surface area (Å²) in [6, 6.07) is 5.54. The second kappa shape index (κ2) is 6.62. The Labute approximate surface area is 120 Å². The van der Waals surface area contributed by atoms with Crippen molar-refractivity contribution >= 4 is 11.6 Å². The van der Waals surface area contributed by atoms with Gasteiger partial charge in [-0.25, -0.2) is 0 Å². The first-order valence-electron chi connectivity index (χ1n) is 7.17. The third-order valence-electron chi connectivity index (χ3n) is 4.44. The van der Waals surface area contributed by atoms with Crippen LogP contribution >= 0.6 is 11.6 Å². The van der Waals surface area contributed by atoms with Crippen LogP contribution in [0.5, 0.6) is 5.75 Å². The fourth-order valence-electron chi connectivity index (χ4n) is 3.13. The summed E-state index contributed by atoms with van der Waals surface area (Å²) in [5.74, 6) is 1.82. The molecule has 1 unspecified atom stereocenters. The molecule has 0 bridgehead atoms. The van der Waals surface area contributed by atoms with Crippen LogP contribution in [0, 0.1) is 11.8 Å². The van der Waals surface area contributed by atoms with Gasteiger partial charge in [0.25, 0.3) is 0 Å². The van der Waals surface area contributed by atoms with E-state index in [2.05, 4.69) is 6.92 Å². The zero-order valence-corrected chi connectivity index (χ0v) is 12.5. The van der Waals surface area contributed by atoms with Crippen LogP contribution in [0.4, 0.5) is 0 Å². The molecular weight excluding hydrogens is 260 g/mol. The van der Waals surface area contributed by atoms with Crippen molar-refractivity contribution in [1.82, 2.24) is 0 Å². The van der Waals surface area contributed by atoms with E-state index in [0.717, 1.165) is 24.3 Å². The molecule has 1 saturated carbocycles. The Kier molecular flexibility index (Phi) is 5.12. The second-order valence-electron chi connectivity index (χ2n) is 5.49. The highest BCUT2D eigenvalue weighted by atomic mass is 35.5. The molecule has 1 aliphatic rings. The SMILES string of the molecule is CCC1CCC(C(O)c2c(Cl)cccc2OC)CC1. The molecule has 0 aliphatic heterocycles. The summed E-state index contributed by atoms with van der Waals surface area (Å²) in [5.41, 5.74) is 0.756. The lowest BCUT2D eigenvalue weighted by atomic mass is 9.77. The van der Waals surface area contributed by atoms with Gasteiger partial charge in [-0.2, -0.15) is 0 Å². The Bertz CT molecular complexity index is 411. The number of halogens is 1. The van der Waals surface area contributed by atoms with Crippen LogP contribution in [0.25, 0.3) is 0 Å². The molecule has 1 aliphatic carbocycles. The highest BCUT2D eigenvalue weighted by Crippen LogP contribution is 2.42. The third-order valence-corrected chi connectivity index (χ3v) is 4.77. The Balaban J connectivity index is 2.14. The van der Waals surface area contributed by atoms with Gasteiger partial charge < -0.3 is 9.84 Å². The van der Waals surface area contributed by atoms with Gasteiger partial charge in [0.2, 0.25) is 0 Å². The Hall–Kier alpha value is -0.730. The largest absolute Gasteiger partial charge is 0.496 e.